The Morgan fingerprint density at radius 2 is 2.27 bits per heavy atom. The van der Waals surface area contributed by atoms with E-state index >= 15 is 0 Å². The van der Waals surface area contributed by atoms with Crippen molar-refractivity contribution >= 4 is 33.2 Å². The molecule has 0 aromatic heterocycles. The summed E-state index contributed by atoms with van der Waals surface area (Å²) in [7, 11) is 0. The molecule has 1 aromatic carbocycles. The SMILES string of the molecule is C[C@@H]1Nc2c(Br)cc(CO)cc2NC1=O. The molecule has 5 heteroatoms. The summed E-state index contributed by atoms with van der Waals surface area (Å²) in [5.74, 6) is -0.0653. The van der Waals surface area contributed by atoms with Crippen LogP contribution in [0, 0.1) is 0 Å². The van der Waals surface area contributed by atoms with Crippen LogP contribution in [0.2, 0.25) is 0 Å². The Bertz CT molecular complexity index is 420. The van der Waals surface area contributed by atoms with Gasteiger partial charge < -0.3 is 15.7 Å². The Morgan fingerprint density at radius 1 is 1.53 bits per heavy atom. The van der Waals surface area contributed by atoms with Crippen molar-refractivity contribution in [3.05, 3.63) is 22.2 Å². The molecule has 0 aliphatic carbocycles. The van der Waals surface area contributed by atoms with Crippen LogP contribution < -0.4 is 10.6 Å². The Kier molecular flexibility index (Phi) is 2.67. The molecule has 15 heavy (non-hydrogen) atoms. The lowest BCUT2D eigenvalue weighted by atomic mass is 10.1. The van der Waals surface area contributed by atoms with E-state index in [-0.39, 0.29) is 18.6 Å². The number of amides is 1. The van der Waals surface area contributed by atoms with E-state index in [0.717, 1.165) is 15.7 Å². The average molecular weight is 271 g/mol. The molecule has 0 spiro atoms. The molecule has 1 aromatic rings. The maximum Gasteiger partial charge on any atom is 0.246 e. The molecule has 1 aliphatic heterocycles. The van der Waals surface area contributed by atoms with Gasteiger partial charge in [0.05, 0.1) is 18.0 Å². The third-order valence-electron chi connectivity index (χ3n) is 2.34. The van der Waals surface area contributed by atoms with E-state index in [1.165, 1.54) is 0 Å². The summed E-state index contributed by atoms with van der Waals surface area (Å²) in [6.45, 7) is 1.75. The van der Waals surface area contributed by atoms with Crippen LogP contribution in [0.25, 0.3) is 0 Å². The molecule has 1 heterocycles. The van der Waals surface area contributed by atoms with Gasteiger partial charge in [0.15, 0.2) is 0 Å². The van der Waals surface area contributed by atoms with Crippen molar-refractivity contribution in [1.29, 1.82) is 0 Å². The van der Waals surface area contributed by atoms with Gasteiger partial charge in [-0.05, 0) is 40.5 Å². The minimum Gasteiger partial charge on any atom is -0.392 e. The summed E-state index contributed by atoms with van der Waals surface area (Å²) in [5, 5.41) is 14.9. The van der Waals surface area contributed by atoms with Crippen molar-refractivity contribution < 1.29 is 9.90 Å². The standard InChI is InChI=1S/C10H11BrN2O2/c1-5-10(15)13-8-3-6(4-14)2-7(11)9(8)12-5/h2-3,5,12,14H,4H2,1H3,(H,13,15)/t5-/m0/s1. The molecule has 0 saturated carbocycles. The van der Waals surface area contributed by atoms with E-state index in [4.69, 9.17) is 5.11 Å². The second kappa shape index (κ2) is 3.83. The fourth-order valence-electron chi connectivity index (χ4n) is 1.52. The van der Waals surface area contributed by atoms with Crippen molar-refractivity contribution in [2.24, 2.45) is 0 Å². The number of nitrogens with one attached hydrogen (secondary N) is 2. The number of hydrogen-bond acceptors (Lipinski definition) is 3. The Hall–Kier alpha value is -1.07. The summed E-state index contributed by atoms with van der Waals surface area (Å²) in [5.41, 5.74) is 2.33. The number of rotatable bonds is 1. The van der Waals surface area contributed by atoms with Crippen LogP contribution in [0.3, 0.4) is 0 Å². The first kappa shape index (κ1) is 10.4. The van der Waals surface area contributed by atoms with Gasteiger partial charge in [0, 0.05) is 4.47 Å². The van der Waals surface area contributed by atoms with Crippen molar-refractivity contribution in [2.45, 2.75) is 19.6 Å². The van der Waals surface area contributed by atoms with Crippen molar-refractivity contribution in [1.82, 2.24) is 0 Å². The summed E-state index contributed by atoms with van der Waals surface area (Å²) in [6.07, 6.45) is 0. The van der Waals surface area contributed by atoms with Crippen molar-refractivity contribution in [3.63, 3.8) is 0 Å². The molecule has 1 atom stereocenters. The number of fused-ring (bicyclic) bond motifs is 1. The highest BCUT2D eigenvalue weighted by atomic mass is 79.9. The largest absolute Gasteiger partial charge is 0.392 e. The predicted molar refractivity (Wildman–Crippen MR) is 61.8 cm³/mol. The molecule has 2 rings (SSSR count). The minimum absolute atomic E-state index is 0.0443. The second-order valence-corrected chi connectivity index (χ2v) is 4.37. The van der Waals surface area contributed by atoms with Gasteiger partial charge in [0.25, 0.3) is 0 Å². The minimum atomic E-state index is -0.242. The van der Waals surface area contributed by atoms with Crippen LogP contribution >= 0.6 is 15.9 Å². The number of benzene rings is 1. The van der Waals surface area contributed by atoms with E-state index in [0.29, 0.717) is 5.69 Å². The first-order valence-electron chi connectivity index (χ1n) is 4.62. The quantitative estimate of drug-likeness (QED) is 0.728. The zero-order valence-corrected chi connectivity index (χ0v) is 9.76. The average Bonchev–Trinajstić information content (AvgIpc) is 2.21. The molecular weight excluding hydrogens is 260 g/mol. The maximum atomic E-state index is 11.4. The number of hydrogen-bond donors (Lipinski definition) is 3. The maximum absolute atomic E-state index is 11.4. The van der Waals surface area contributed by atoms with Crippen LogP contribution in [0.5, 0.6) is 0 Å². The van der Waals surface area contributed by atoms with Gasteiger partial charge >= 0.3 is 0 Å². The van der Waals surface area contributed by atoms with E-state index < -0.39 is 0 Å². The Balaban J connectivity index is 2.48. The summed E-state index contributed by atoms with van der Waals surface area (Å²) < 4.78 is 0.843. The first-order chi connectivity index (χ1) is 7.11. The molecular formula is C10H11BrN2O2. The summed E-state index contributed by atoms with van der Waals surface area (Å²) >= 11 is 3.40. The van der Waals surface area contributed by atoms with Gasteiger partial charge in [-0.1, -0.05) is 0 Å². The van der Waals surface area contributed by atoms with Crippen LogP contribution in [-0.4, -0.2) is 17.1 Å². The Labute approximate surface area is 95.8 Å². The molecule has 0 bridgehead atoms. The zero-order chi connectivity index (χ0) is 11.0. The summed E-state index contributed by atoms with van der Waals surface area (Å²) in [6, 6.07) is 3.35. The topological polar surface area (TPSA) is 61.4 Å². The predicted octanol–water partition coefficient (Wildman–Crippen LogP) is 1.69. The molecule has 0 fully saturated rings. The normalized spacial score (nSPS) is 19.1. The van der Waals surface area contributed by atoms with E-state index in [2.05, 4.69) is 26.6 Å². The monoisotopic (exact) mass is 270 g/mol. The van der Waals surface area contributed by atoms with E-state index in [1.54, 1.807) is 13.0 Å². The second-order valence-electron chi connectivity index (χ2n) is 3.51. The highest BCUT2D eigenvalue weighted by molar-refractivity contribution is 9.10. The van der Waals surface area contributed by atoms with Gasteiger partial charge in [0.1, 0.15) is 6.04 Å². The lowest BCUT2D eigenvalue weighted by Crippen LogP contribution is -2.36. The highest BCUT2D eigenvalue weighted by Gasteiger charge is 2.23. The fourth-order valence-corrected chi connectivity index (χ4v) is 2.14. The van der Waals surface area contributed by atoms with Crippen molar-refractivity contribution in [3.8, 4) is 0 Å². The van der Waals surface area contributed by atoms with Crippen LogP contribution in [0.4, 0.5) is 11.4 Å². The van der Waals surface area contributed by atoms with Gasteiger partial charge in [0.2, 0.25) is 5.91 Å². The number of carbonyl (C=O) groups is 1. The van der Waals surface area contributed by atoms with Crippen molar-refractivity contribution in [2.75, 3.05) is 10.6 Å². The molecule has 3 N–H and O–H groups in total. The number of anilines is 2. The van der Waals surface area contributed by atoms with Gasteiger partial charge in [-0.25, -0.2) is 0 Å². The molecule has 0 unspecified atom stereocenters. The van der Waals surface area contributed by atoms with Crippen LogP contribution in [0.1, 0.15) is 12.5 Å². The van der Waals surface area contributed by atoms with Crippen LogP contribution in [-0.2, 0) is 11.4 Å². The lowest BCUT2D eigenvalue weighted by molar-refractivity contribution is -0.116. The smallest absolute Gasteiger partial charge is 0.246 e. The molecule has 0 saturated heterocycles. The molecule has 0 radical (unpaired) electrons. The Morgan fingerprint density at radius 3 is 2.93 bits per heavy atom. The highest BCUT2D eigenvalue weighted by Crippen LogP contribution is 2.35. The molecule has 1 amide bonds. The van der Waals surface area contributed by atoms with Gasteiger partial charge in [-0.2, -0.15) is 0 Å². The third kappa shape index (κ3) is 1.85. The van der Waals surface area contributed by atoms with Gasteiger partial charge in [-0.3, -0.25) is 4.79 Å². The molecule has 80 valence electrons. The lowest BCUT2D eigenvalue weighted by Gasteiger charge is -2.25. The number of carbonyl (C=O) groups excluding carboxylic acids is 1. The number of halogens is 1. The first-order valence-corrected chi connectivity index (χ1v) is 5.42. The van der Waals surface area contributed by atoms with E-state index in [1.807, 2.05) is 6.07 Å². The number of aliphatic hydroxyl groups excluding tert-OH is 1. The molecule has 1 aliphatic rings. The van der Waals surface area contributed by atoms with Crippen LogP contribution in [0.15, 0.2) is 16.6 Å². The summed E-state index contributed by atoms with van der Waals surface area (Å²) in [4.78, 5) is 11.4. The zero-order valence-electron chi connectivity index (χ0n) is 8.17. The third-order valence-corrected chi connectivity index (χ3v) is 2.97. The van der Waals surface area contributed by atoms with Gasteiger partial charge in [-0.15, -0.1) is 0 Å². The number of aliphatic hydroxyl groups is 1. The molecule has 4 nitrogen and oxygen atoms in total. The fraction of sp³-hybridized carbons (Fsp3) is 0.300. The van der Waals surface area contributed by atoms with E-state index in [9.17, 15) is 4.79 Å².